The number of benzene rings is 1. The molecule has 0 aliphatic heterocycles. The molecule has 0 saturated carbocycles. The van der Waals surface area contributed by atoms with Crippen molar-refractivity contribution in [3.8, 4) is 11.4 Å². The van der Waals surface area contributed by atoms with Gasteiger partial charge in [-0.25, -0.2) is 4.68 Å². The summed E-state index contributed by atoms with van der Waals surface area (Å²) in [6.45, 7) is 1.73. The highest BCUT2D eigenvalue weighted by molar-refractivity contribution is 5.47. The van der Waals surface area contributed by atoms with Crippen LogP contribution in [0.1, 0.15) is 18.3 Å². The molecule has 2 N–H and O–H groups in total. The smallest absolute Gasteiger partial charge is 0.435 e. The number of hydrogen-bond donors (Lipinski definition) is 1. The summed E-state index contributed by atoms with van der Waals surface area (Å²) in [5, 5.41) is 7.04. The van der Waals surface area contributed by atoms with Gasteiger partial charge in [-0.05, 0) is 19.1 Å². The Hall–Kier alpha value is -2.09. The summed E-state index contributed by atoms with van der Waals surface area (Å²) in [5.41, 5.74) is 4.18. The highest BCUT2D eigenvalue weighted by Gasteiger charge is 2.39. The number of nitrogens with zero attached hydrogens (tertiary/aromatic N) is 3. The molecule has 1 heterocycles. The molecule has 1 aromatic heterocycles. The molecule has 108 valence electrons. The van der Waals surface area contributed by atoms with Crippen molar-refractivity contribution in [2.24, 2.45) is 5.73 Å². The van der Waals surface area contributed by atoms with Gasteiger partial charge in [0.2, 0.25) is 0 Å². The van der Waals surface area contributed by atoms with Crippen LogP contribution in [0.4, 0.5) is 13.2 Å². The van der Waals surface area contributed by atoms with Crippen molar-refractivity contribution in [1.29, 1.82) is 0 Å². The molecule has 0 amide bonds. The molecular formula is C12H13F3N4O. The fraction of sp³-hybridized carbons (Fsp3) is 0.333. The zero-order chi connectivity index (χ0) is 14.8. The third kappa shape index (κ3) is 2.60. The fourth-order valence-electron chi connectivity index (χ4n) is 1.81. The average Bonchev–Trinajstić information content (AvgIpc) is 2.83. The summed E-state index contributed by atoms with van der Waals surface area (Å²) in [5.74, 6) is 0.300. The Morgan fingerprint density at radius 3 is 2.60 bits per heavy atom. The van der Waals surface area contributed by atoms with E-state index >= 15 is 0 Å². The van der Waals surface area contributed by atoms with E-state index in [1.165, 1.54) is 6.07 Å². The van der Waals surface area contributed by atoms with Gasteiger partial charge in [-0.15, -0.1) is 5.10 Å². The van der Waals surface area contributed by atoms with Crippen molar-refractivity contribution in [2.75, 3.05) is 6.61 Å². The molecule has 2 rings (SSSR count). The van der Waals surface area contributed by atoms with Crippen LogP contribution < -0.4 is 10.5 Å². The Morgan fingerprint density at radius 1 is 1.30 bits per heavy atom. The summed E-state index contributed by atoms with van der Waals surface area (Å²) in [6, 6.07) is 6.32. The van der Waals surface area contributed by atoms with E-state index in [0.29, 0.717) is 17.0 Å². The van der Waals surface area contributed by atoms with Crippen LogP contribution in [0.3, 0.4) is 0 Å². The van der Waals surface area contributed by atoms with Crippen molar-refractivity contribution in [2.45, 2.75) is 19.6 Å². The van der Waals surface area contributed by atoms with Crippen LogP contribution in [0.5, 0.6) is 5.75 Å². The number of para-hydroxylation sites is 2. The first-order chi connectivity index (χ1) is 9.49. The predicted octanol–water partition coefficient (Wildman–Crippen LogP) is 2.14. The standard InChI is InChI=1S/C12H13F3N4O/c1-2-20-10-6-4-3-5-9(10)19-11(12(13,14)15)8(7-16)17-18-19/h3-6H,2,7,16H2,1H3. The second kappa shape index (κ2) is 5.49. The Bertz CT molecular complexity index is 595. The number of nitrogens with two attached hydrogens (primary N) is 1. The normalized spacial score (nSPS) is 11.7. The second-order valence-electron chi connectivity index (χ2n) is 3.90. The van der Waals surface area contributed by atoms with Crippen molar-refractivity contribution in [1.82, 2.24) is 15.0 Å². The fourth-order valence-corrected chi connectivity index (χ4v) is 1.81. The maximum atomic E-state index is 13.1. The molecule has 5 nitrogen and oxygen atoms in total. The Morgan fingerprint density at radius 2 is 2.00 bits per heavy atom. The molecule has 0 atom stereocenters. The first-order valence-corrected chi connectivity index (χ1v) is 5.93. The molecule has 0 fully saturated rings. The molecule has 0 aliphatic carbocycles. The highest BCUT2D eigenvalue weighted by Crippen LogP contribution is 2.34. The van der Waals surface area contributed by atoms with Gasteiger partial charge in [0.15, 0.2) is 5.69 Å². The largest absolute Gasteiger partial charge is 0.492 e. The first-order valence-electron chi connectivity index (χ1n) is 5.93. The van der Waals surface area contributed by atoms with Crippen LogP contribution in [0.25, 0.3) is 5.69 Å². The molecule has 8 heteroatoms. The van der Waals surface area contributed by atoms with Crippen LogP contribution in [0.2, 0.25) is 0 Å². The van der Waals surface area contributed by atoms with Gasteiger partial charge >= 0.3 is 6.18 Å². The minimum Gasteiger partial charge on any atom is -0.492 e. The molecule has 0 radical (unpaired) electrons. The third-order valence-electron chi connectivity index (χ3n) is 2.60. The zero-order valence-corrected chi connectivity index (χ0v) is 10.7. The minimum absolute atomic E-state index is 0.175. The zero-order valence-electron chi connectivity index (χ0n) is 10.7. The van der Waals surface area contributed by atoms with Gasteiger partial charge in [-0.3, -0.25) is 0 Å². The van der Waals surface area contributed by atoms with Gasteiger partial charge in [0.25, 0.3) is 0 Å². The van der Waals surface area contributed by atoms with Crippen LogP contribution >= 0.6 is 0 Å². The molecule has 20 heavy (non-hydrogen) atoms. The maximum absolute atomic E-state index is 13.1. The van der Waals surface area contributed by atoms with Crippen molar-refractivity contribution >= 4 is 0 Å². The molecule has 0 saturated heterocycles. The van der Waals surface area contributed by atoms with E-state index in [-0.39, 0.29) is 17.9 Å². The third-order valence-corrected chi connectivity index (χ3v) is 2.60. The van der Waals surface area contributed by atoms with Gasteiger partial charge in [0, 0.05) is 6.54 Å². The Balaban J connectivity index is 2.62. The summed E-state index contributed by atoms with van der Waals surface area (Å²) < 4.78 is 45.4. The van der Waals surface area contributed by atoms with E-state index in [0.717, 1.165) is 0 Å². The number of hydrogen-bond acceptors (Lipinski definition) is 4. The summed E-state index contributed by atoms with van der Waals surface area (Å²) in [4.78, 5) is 0. The van der Waals surface area contributed by atoms with Gasteiger partial charge < -0.3 is 10.5 Å². The first kappa shape index (κ1) is 14.3. The van der Waals surface area contributed by atoms with Crippen LogP contribution in [-0.4, -0.2) is 21.6 Å². The lowest BCUT2D eigenvalue weighted by Crippen LogP contribution is -2.17. The lowest BCUT2D eigenvalue weighted by molar-refractivity contribution is -0.143. The van der Waals surface area contributed by atoms with Crippen LogP contribution in [0.15, 0.2) is 24.3 Å². The number of ether oxygens (including phenoxy) is 1. The minimum atomic E-state index is -4.60. The number of aromatic nitrogens is 3. The van der Waals surface area contributed by atoms with Crippen LogP contribution in [0, 0.1) is 0 Å². The molecular weight excluding hydrogens is 273 g/mol. The van der Waals surface area contributed by atoms with E-state index in [4.69, 9.17) is 10.5 Å². The average molecular weight is 286 g/mol. The molecule has 0 bridgehead atoms. The van der Waals surface area contributed by atoms with Crippen LogP contribution in [-0.2, 0) is 12.7 Å². The number of halogens is 3. The second-order valence-corrected chi connectivity index (χ2v) is 3.90. The summed E-state index contributed by atoms with van der Waals surface area (Å²) in [6.07, 6.45) is -4.60. The molecule has 2 aromatic rings. The van der Waals surface area contributed by atoms with Gasteiger partial charge in [-0.2, -0.15) is 13.2 Å². The van der Waals surface area contributed by atoms with Gasteiger partial charge in [-0.1, -0.05) is 17.3 Å². The van der Waals surface area contributed by atoms with E-state index in [2.05, 4.69) is 10.3 Å². The van der Waals surface area contributed by atoms with E-state index < -0.39 is 11.9 Å². The summed E-state index contributed by atoms with van der Waals surface area (Å²) in [7, 11) is 0. The number of alkyl halides is 3. The molecule has 0 aliphatic rings. The SMILES string of the molecule is CCOc1ccccc1-n1nnc(CN)c1C(F)(F)F. The molecule has 0 unspecified atom stereocenters. The molecule has 0 spiro atoms. The Labute approximate surface area is 113 Å². The van der Waals surface area contributed by atoms with E-state index in [1.54, 1.807) is 25.1 Å². The highest BCUT2D eigenvalue weighted by atomic mass is 19.4. The monoisotopic (exact) mass is 286 g/mol. The van der Waals surface area contributed by atoms with Crippen molar-refractivity contribution < 1.29 is 17.9 Å². The topological polar surface area (TPSA) is 66.0 Å². The van der Waals surface area contributed by atoms with Crippen molar-refractivity contribution in [3.05, 3.63) is 35.7 Å². The maximum Gasteiger partial charge on any atom is 0.435 e. The quantitative estimate of drug-likeness (QED) is 0.935. The molecule has 1 aromatic carbocycles. The van der Waals surface area contributed by atoms with E-state index in [9.17, 15) is 13.2 Å². The van der Waals surface area contributed by atoms with Gasteiger partial charge in [0.1, 0.15) is 17.1 Å². The van der Waals surface area contributed by atoms with E-state index in [1.807, 2.05) is 0 Å². The van der Waals surface area contributed by atoms with Crippen molar-refractivity contribution in [3.63, 3.8) is 0 Å². The summed E-state index contributed by atoms with van der Waals surface area (Å²) >= 11 is 0. The van der Waals surface area contributed by atoms with Gasteiger partial charge in [0.05, 0.1) is 6.61 Å². The Kier molecular flexibility index (Phi) is 3.93. The predicted molar refractivity (Wildman–Crippen MR) is 65.4 cm³/mol. The lowest BCUT2D eigenvalue weighted by Gasteiger charge is -2.13. The number of rotatable bonds is 4. The lowest BCUT2D eigenvalue weighted by atomic mass is 10.2.